The standard InChI is InChI=1S/C17H13NO2/c1-11-10-15(12-6-3-2-4-7-12)18-16-13(11)8-5-9-14(16)17(19)20/h2-10H,1H3,(H,19,20). The third-order valence-corrected chi connectivity index (χ3v) is 3.35. The van der Waals surface area contributed by atoms with Crippen molar-refractivity contribution in [1.82, 2.24) is 4.98 Å². The highest BCUT2D eigenvalue weighted by atomic mass is 16.4. The highest BCUT2D eigenvalue weighted by Crippen LogP contribution is 2.26. The summed E-state index contributed by atoms with van der Waals surface area (Å²) in [6, 6.07) is 17.0. The molecule has 0 radical (unpaired) electrons. The number of aromatic carboxylic acids is 1. The molecule has 0 aliphatic heterocycles. The van der Waals surface area contributed by atoms with E-state index < -0.39 is 5.97 Å². The molecule has 3 nitrogen and oxygen atoms in total. The Morgan fingerprint density at radius 1 is 1.05 bits per heavy atom. The van der Waals surface area contributed by atoms with Crippen LogP contribution in [0.2, 0.25) is 0 Å². The van der Waals surface area contributed by atoms with Gasteiger partial charge in [0.2, 0.25) is 0 Å². The number of carboxylic acids is 1. The van der Waals surface area contributed by atoms with E-state index in [-0.39, 0.29) is 5.56 Å². The van der Waals surface area contributed by atoms with E-state index in [4.69, 9.17) is 0 Å². The SMILES string of the molecule is Cc1cc(-c2ccccc2)nc2c(C(=O)O)cccc12. The monoisotopic (exact) mass is 263 g/mol. The van der Waals surface area contributed by atoms with Crippen molar-refractivity contribution in [2.45, 2.75) is 6.92 Å². The number of carbonyl (C=O) groups is 1. The molecule has 0 saturated heterocycles. The molecule has 2 aromatic carbocycles. The summed E-state index contributed by atoms with van der Waals surface area (Å²) >= 11 is 0. The summed E-state index contributed by atoms with van der Waals surface area (Å²) in [5.41, 5.74) is 3.58. The molecule has 1 aromatic heterocycles. The highest BCUT2D eigenvalue weighted by molar-refractivity contribution is 6.03. The van der Waals surface area contributed by atoms with Crippen LogP contribution in [-0.2, 0) is 0 Å². The lowest BCUT2D eigenvalue weighted by Crippen LogP contribution is -2.00. The molecule has 0 aliphatic rings. The van der Waals surface area contributed by atoms with Gasteiger partial charge in [-0.2, -0.15) is 0 Å². The number of rotatable bonds is 2. The molecule has 0 saturated carbocycles. The Bertz CT molecular complexity index is 795. The van der Waals surface area contributed by atoms with Gasteiger partial charge in [0.25, 0.3) is 0 Å². The number of aryl methyl sites for hydroxylation is 1. The maximum absolute atomic E-state index is 11.3. The molecule has 0 bridgehead atoms. The second kappa shape index (κ2) is 4.78. The fraction of sp³-hybridized carbons (Fsp3) is 0.0588. The van der Waals surface area contributed by atoms with Crippen LogP contribution in [0, 0.1) is 6.92 Å². The van der Waals surface area contributed by atoms with Crippen molar-refractivity contribution >= 4 is 16.9 Å². The maximum Gasteiger partial charge on any atom is 0.337 e. The molecule has 3 aromatic rings. The van der Waals surface area contributed by atoms with E-state index in [1.165, 1.54) is 0 Å². The molecular weight excluding hydrogens is 250 g/mol. The summed E-state index contributed by atoms with van der Waals surface area (Å²) in [5.74, 6) is -0.951. The fourth-order valence-electron chi connectivity index (χ4n) is 2.35. The lowest BCUT2D eigenvalue weighted by Gasteiger charge is -2.08. The van der Waals surface area contributed by atoms with E-state index in [1.54, 1.807) is 12.1 Å². The minimum Gasteiger partial charge on any atom is -0.478 e. The van der Waals surface area contributed by atoms with Crippen LogP contribution in [0.25, 0.3) is 22.2 Å². The van der Waals surface area contributed by atoms with Crippen LogP contribution < -0.4 is 0 Å². The van der Waals surface area contributed by atoms with E-state index in [0.717, 1.165) is 22.2 Å². The minimum atomic E-state index is -0.951. The van der Waals surface area contributed by atoms with Gasteiger partial charge in [-0.05, 0) is 24.6 Å². The molecule has 1 N–H and O–H groups in total. The maximum atomic E-state index is 11.3. The van der Waals surface area contributed by atoms with Crippen molar-refractivity contribution in [3.05, 3.63) is 65.7 Å². The fourth-order valence-corrected chi connectivity index (χ4v) is 2.35. The summed E-state index contributed by atoms with van der Waals surface area (Å²) < 4.78 is 0. The van der Waals surface area contributed by atoms with Gasteiger partial charge in [0.05, 0.1) is 16.8 Å². The molecule has 1 heterocycles. The van der Waals surface area contributed by atoms with Gasteiger partial charge in [-0.1, -0.05) is 42.5 Å². The molecule has 20 heavy (non-hydrogen) atoms. The molecule has 0 amide bonds. The average molecular weight is 263 g/mol. The van der Waals surface area contributed by atoms with Crippen molar-refractivity contribution in [2.24, 2.45) is 0 Å². The first-order chi connectivity index (χ1) is 9.66. The lowest BCUT2D eigenvalue weighted by molar-refractivity contribution is 0.0699. The van der Waals surface area contributed by atoms with Gasteiger partial charge >= 0.3 is 5.97 Å². The molecule has 3 heteroatoms. The van der Waals surface area contributed by atoms with E-state index in [9.17, 15) is 9.90 Å². The van der Waals surface area contributed by atoms with Gasteiger partial charge in [-0.15, -0.1) is 0 Å². The highest BCUT2D eigenvalue weighted by Gasteiger charge is 2.12. The Kier molecular flexibility index (Phi) is 2.95. The summed E-state index contributed by atoms with van der Waals surface area (Å²) in [4.78, 5) is 15.9. The van der Waals surface area contributed by atoms with Gasteiger partial charge in [0.15, 0.2) is 0 Å². The van der Waals surface area contributed by atoms with Crippen molar-refractivity contribution in [1.29, 1.82) is 0 Å². The van der Waals surface area contributed by atoms with Crippen molar-refractivity contribution in [3.8, 4) is 11.3 Å². The quantitative estimate of drug-likeness (QED) is 0.762. The number of hydrogen-bond acceptors (Lipinski definition) is 2. The minimum absolute atomic E-state index is 0.239. The number of pyridine rings is 1. The number of hydrogen-bond donors (Lipinski definition) is 1. The largest absolute Gasteiger partial charge is 0.478 e. The molecular formula is C17H13NO2. The first-order valence-corrected chi connectivity index (χ1v) is 6.36. The van der Waals surface area contributed by atoms with Gasteiger partial charge in [0, 0.05) is 10.9 Å². The molecule has 0 spiro atoms. The van der Waals surface area contributed by atoms with Gasteiger partial charge in [-0.25, -0.2) is 9.78 Å². The van der Waals surface area contributed by atoms with Crippen LogP contribution in [0.3, 0.4) is 0 Å². The third kappa shape index (κ3) is 2.03. The van der Waals surface area contributed by atoms with Crippen LogP contribution in [0.15, 0.2) is 54.6 Å². The van der Waals surface area contributed by atoms with Crippen LogP contribution in [0.4, 0.5) is 0 Å². The topological polar surface area (TPSA) is 50.2 Å². The van der Waals surface area contributed by atoms with Crippen LogP contribution in [0.5, 0.6) is 0 Å². The van der Waals surface area contributed by atoms with E-state index in [1.807, 2.05) is 49.4 Å². The molecule has 0 fully saturated rings. The molecule has 0 unspecified atom stereocenters. The number of fused-ring (bicyclic) bond motifs is 1. The van der Waals surface area contributed by atoms with E-state index >= 15 is 0 Å². The van der Waals surface area contributed by atoms with Gasteiger partial charge < -0.3 is 5.11 Å². The van der Waals surface area contributed by atoms with Crippen molar-refractivity contribution in [2.75, 3.05) is 0 Å². The second-order valence-corrected chi connectivity index (χ2v) is 4.70. The van der Waals surface area contributed by atoms with Crippen LogP contribution in [-0.4, -0.2) is 16.1 Å². The summed E-state index contributed by atoms with van der Waals surface area (Å²) in [7, 11) is 0. The first kappa shape index (κ1) is 12.4. The molecule has 98 valence electrons. The van der Waals surface area contributed by atoms with E-state index in [2.05, 4.69) is 4.98 Å². The summed E-state index contributed by atoms with van der Waals surface area (Å²) in [6.07, 6.45) is 0. The van der Waals surface area contributed by atoms with Crippen molar-refractivity contribution < 1.29 is 9.90 Å². The Morgan fingerprint density at radius 3 is 2.50 bits per heavy atom. The second-order valence-electron chi connectivity index (χ2n) is 4.70. The lowest BCUT2D eigenvalue weighted by atomic mass is 10.0. The van der Waals surface area contributed by atoms with E-state index in [0.29, 0.717) is 5.52 Å². The number of nitrogens with zero attached hydrogens (tertiary/aromatic N) is 1. The van der Waals surface area contributed by atoms with Crippen LogP contribution >= 0.6 is 0 Å². The third-order valence-electron chi connectivity index (χ3n) is 3.35. The molecule has 3 rings (SSSR count). The van der Waals surface area contributed by atoms with Crippen LogP contribution in [0.1, 0.15) is 15.9 Å². The Labute approximate surface area is 116 Å². The number of benzene rings is 2. The normalized spacial score (nSPS) is 10.7. The summed E-state index contributed by atoms with van der Waals surface area (Å²) in [5, 5.41) is 10.2. The average Bonchev–Trinajstić information content (AvgIpc) is 2.47. The zero-order chi connectivity index (χ0) is 14.1. The predicted molar refractivity (Wildman–Crippen MR) is 78.9 cm³/mol. The first-order valence-electron chi connectivity index (χ1n) is 6.36. The van der Waals surface area contributed by atoms with Gasteiger partial charge in [0.1, 0.15) is 0 Å². The zero-order valence-electron chi connectivity index (χ0n) is 11.0. The zero-order valence-corrected chi connectivity index (χ0v) is 11.0. The number of carboxylic acid groups (broad SMARTS) is 1. The predicted octanol–water partition coefficient (Wildman–Crippen LogP) is 3.91. The number of para-hydroxylation sites is 1. The smallest absolute Gasteiger partial charge is 0.337 e. The Hall–Kier alpha value is -2.68. The van der Waals surface area contributed by atoms with Crippen molar-refractivity contribution in [3.63, 3.8) is 0 Å². The summed E-state index contributed by atoms with van der Waals surface area (Å²) in [6.45, 7) is 1.97. The Balaban J connectivity index is 2.33. The Morgan fingerprint density at radius 2 is 1.80 bits per heavy atom. The molecule has 0 aliphatic carbocycles. The van der Waals surface area contributed by atoms with Gasteiger partial charge in [-0.3, -0.25) is 0 Å². The number of aromatic nitrogens is 1. The molecule has 0 atom stereocenters.